The third kappa shape index (κ3) is 2.65. The number of benzene rings is 1. The molecular formula is C14H18N2O4S. The van der Waals surface area contributed by atoms with Gasteiger partial charge in [0.25, 0.3) is 10.0 Å². The molecule has 0 spiro atoms. The fourth-order valence-electron chi connectivity index (χ4n) is 2.33. The van der Waals surface area contributed by atoms with Crippen LogP contribution in [0.3, 0.4) is 0 Å². The van der Waals surface area contributed by atoms with Crippen molar-refractivity contribution in [3.63, 3.8) is 0 Å². The average molecular weight is 310 g/mol. The lowest BCUT2D eigenvalue weighted by Crippen LogP contribution is -2.34. The first kappa shape index (κ1) is 15.5. The number of carbonyl (C=O) groups is 1. The Kier molecular flexibility index (Phi) is 4.04. The van der Waals surface area contributed by atoms with Crippen molar-refractivity contribution < 1.29 is 18.3 Å². The van der Waals surface area contributed by atoms with Gasteiger partial charge in [-0.05, 0) is 25.0 Å². The monoisotopic (exact) mass is 310 g/mol. The van der Waals surface area contributed by atoms with E-state index in [0.717, 1.165) is 0 Å². The predicted octanol–water partition coefficient (Wildman–Crippen LogP) is 1.62. The molecule has 0 aromatic heterocycles. The predicted molar refractivity (Wildman–Crippen MR) is 78.8 cm³/mol. The van der Waals surface area contributed by atoms with Gasteiger partial charge in [0.05, 0.1) is 16.9 Å². The van der Waals surface area contributed by atoms with Gasteiger partial charge in [-0.3, -0.25) is 14.5 Å². The van der Waals surface area contributed by atoms with Gasteiger partial charge in [0.15, 0.2) is 0 Å². The third-order valence-corrected chi connectivity index (χ3v) is 5.41. The van der Waals surface area contributed by atoms with Crippen LogP contribution >= 0.6 is 0 Å². The summed E-state index contributed by atoms with van der Waals surface area (Å²) >= 11 is 0. The molecule has 0 amide bonds. The molecule has 1 aliphatic rings. The summed E-state index contributed by atoms with van der Waals surface area (Å²) in [5.41, 5.74) is -0.473. The van der Waals surface area contributed by atoms with Gasteiger partial charge < -0.3 is 5.11 Å². The van der Waals surface area contributed by atoms with Crippen LogP contribution in [0, 0.1) is 5.41 Å². The van der Waals surface area contributed by atoms with E-state index in [4.69, 9.17) is 0 Å². The van der Waals surface area contributed by atoms with Crippen LogP contribution in [0.2, 0.25) is 0 Å². The third-order valence-electron chi connectivity index (χ3n) is 4.01. The molecule has 0 fully saturated rings. The van der Waals surface area contributed by atoms with Crippen molar-refractivity contribution in [2.75, 3.05) is 6.54 Å². The van der Waals surface area contributed by atoms with Gasteiger partial charge in [-0.2, -0.15) is 0 Å². The fourth-order valence-corrected chi connectivity index (χ4v) is 3.58. The Morgan fingerprint density at radius 2 is 1.90 bits per heavy atom. The van der Waals surface area contributed by atoms with Crippen molar-refractivity contribution in [1.82, 2.24) is 4.72 Å². The molecule has 0 radical (unpaired) electrons. The molecule has 1 aromatic carbocycles. The summed E-state index contributed by atoms with van der Waals surface area (Å²) in [4.78, 5) is 15.9. The van der Waals surface area contributed by atoms with Crippen LogP contribution in [0.4, 0.5) is 0 Å². The van der Waals surface area contributed by atoms with E-state index in [-0.39, 0.29) is 17.3 Å². The second-order valence-electron chi connectivity index (χ2n) is 5.06. The standard InChI is InChI=1S/C14H18N2O4S/c1-3-14(4-2,13(17)18)9-15-12-10-7-5-6-8-11(10)21(19,20)16-12/h5-8H,3-4,9H2,1-2H3,(H,15,16)(H,17,18). The van der Waals surface area contributed by atoms with Gasteiger partial charge >= 0.3 is 5.97 Å². The highest BCUT2D eigenvalue weighted by Crippen LogP contribution is 2.28. The number of amidine groups is 1. The van der Waals surface area contributed by atoms with Crippen LogP contribution in [0.1, 0.15) is 32.3 Å². The lowest BCUT2D eigenvalue weighted by molar-refractivity contribution is -0.148. The highest BCUT2D eigenvalue weighted by Gasteiger charge is 2.36. The summed E-state index contributed by atoms with van der Waals surface area (Å²) in [6.07, 6.45) is 0.869. The molecule has 2 N–H and O–H groups in total. The van der Waals surface area contributed by atoms with E-state index in [0.29, 0.717) is 18.4 Å². The minimum Gasteiger partial charge on any atom is -0.481 e. The summed E-state index contributed by atoms with van der Waals surface area (Å²) in [6, 6.07) is 6.53. The quantitative estimate of drug-likeness (QED) is 0.863. The summed E-state index contributed by atoms with van der Waals surface area (Å²) < 4.78 is 26.3. The molecule has 0 saturated carbocycles. The minimum absolute atomic E-state index is 0.0432. The van der Waals surface area contributed by atoms with Gasteiger partial charge in [0.1, 0.15) is 5.84 Å². The number of aliphatic imine (C=N–C) groups is 1. The number of hydrogen-bond donors (Lipinski definition) is 2. The zero-order valence-corrected chi connectivity index (χ0v) is 12.8. The van der Waals surface area contributed by atoms with Crippen molar-refractivity contribution in [3.05, 3.63) is 29.8 Å². The normalized spacial score (nSPS) is 18.3. The summed E-state index contributed by atoms with van der Waals surface area (Å²) in [7, 11) is -3.58. The SMILES string of the molecule is CCC(CC)(CN=C1NS(=O)(=O)c2ccccc21)C(=O)O. The Labute approximate surface area is 124 Å². The second kappa shape index (κ2) is 5.48. The lowest BCUT2D eigenvalue weighted by Gasteiger charge is -2.24. The number of sulfonamides is 1. The van der Waals surface area contributed by atoms with Crippen LogP contribution in [0.25, 0.3) is 0 Å². The van der Waals surface area contributed by atoms with Crippen LogP contribution in [-0.4, -0.2) is 31.9 Å². The lowest BCUT2D eigenvalue weighted by atomic mass is 9.82. The summed E-state index contributed by atoms with van der Waals surface area (Å²) in [5.74, 6) is -0.691. The Morgan fingerprint density at radius 1 is 1.29 bits per heavy atom. The highest BCUT2D eigenvalue weighted by molar-refractivity contribution is 7.90. The first-order valence-electron chi connectivity index (χ1n) is 6.76. The minimum atomic E-state index is -3.58. The van der Waals surface area contributed by atoms with E-state index in [1.807, 2.05) is 0 Å². The second-order valence-corrected chi connectivity index (χ2v) is 6.71. The Morgan fingerprint density at radius 3 is 2.48 bits per heavy atom. The largest absolute Gasteiger partial charge is 0.481 e. The van der Waals surface area contributed by atoms with Gasteiger partial charge in [0.2, 0.25) is 0 Å². The molecule has 0 atom stereocenters. The van der Waals surface area contributed by atoms with E-state index in [9.17, 15) is 18.3 Å². The van der Waals surface area contributed by atoms with Crippen molar-refractivity contribution in [2.24, 2.45) is 10.4 Å². The van der Waals surface area contributed by atoms with Gasteiger partial charge in [-0.15, -0.1) is 0 Å². The molecule has 114 valence electrons. The number of hydrogen-bond acceptors (Lipinski definition) is 4. The number of nitrogens with one attached hydrogen (secondary N) is 1. The van der Waals surface area contributed by atoms with E-state index >= 15 is 0 Å². The van der Waals surface area contributed by atoms with E-state index in [2.05, 4.69) is 9.71 Å². The molecule has 0 bridgehead atoms. The van der Waals surface area contributed by atoms with Crippen molar-refractivity contribution in [3.8, 4) is 0 Å². The molecule has 0 saturated heterocycles. The molecule has 6 nitrogen and oxygen atoms in total. The van der Waals surface area contributed by atoms with Crippen molar-refractivity contribution in [2.45, 2.75) is 31.6 Å². The number of aliphatic carboxylic acids is 1. The first-order valence-corrected chi connectivity index (χ1v) is 8.24. The maximum Gasteiger partial charge on any atom is 0.311 e. The maximum atomic E-state index is 12.0. The van der Waals surface area contributed by atoms with Crippen LogP contribution in [-0.2, 0) is 14.8 Å². The zero-order chi connectivity index (χ0) is 15.7. The first-order chi connectivity index (χ1) is 9.86. The van der Waals surface area contributed by atoms with Crippen LogP contribution in [0.5, 0.6) is 0 Å². The van der Waals surface area contributed by atoms with Crippen molar-refractivity contribution >= 4 is 21.8 Å². The Balaban J connectivity index is 2.38. The molecule has 1 aliphatic heterocycles. The molecule has 0 aliphatic carbocycles. The molecular weight excluding hydrogens is 292 g/mol. The topological polar surface area (TPSA) is 95.8 Å². The maximum absolute atomic E-state index is 12.0. The Hall–Kier alpha value is -1.89. The van der Waals surface area contributed by atoms with Crippen LogP contribution in [0.15, 0.2) is 34.2 Å². The molecule has 7 heteroatoms. The van der Waals surface area contributed by atoms with Gasteiger partial charge in [0, 0.05) is 5.56 Å². The number of rotatable bonds is 5. The van der Waals surface area contributed by atoms with Crippen molar-refractivity contribution in [1.29, 1.82) is 0 Å². The zero-order valence-electron chi connectivity index (χ0n) is 12.0. The summed E-state index contributed by atoms with van der Waals surface area (Å²) in [5, 5.41) is 9.39. The molecule has 21 heavy (non-hydrogen) atoms. The average Bonchev–Trinajstić information content (AvgIpc) is 2.72. The van der Waals surface area contributed by atoms with Gasteiger partial charge in [-0.1, -0.05) is 26.0 Å². The smallest absolute Gasteiger partial charge is 0.311 e. The van der Waals surface area contributed by atoms with E-state index in [1.54, 1.807) is 32.0 Å². The molecule has 2 rings (SSSR count). The molecule has 1 heterocycles. The van der Waals surface area contributed by atoms with E-state index in [1.165, 1.54) is 6.07 Å². The number of carboxylic acids is 1. The molecule has 1 aromatic rings. The summed E-state index contributed by atoms with van der Waals surface area (Å²) in [6.45, 7) is 3.64. The fraction of sp³-hybridized carbons (Fsp3) is 0.429. The number of fused-ring (bicyclic) bond motifs is 1. The van der Waals surface area contributed by atoms with E-state index < -0.39 is 21.4 Å². The number of nitrogens with zero attached hydrogens (tertiary/aromatic N) is 1. The van der Waals surface area contributed by atoms with Crippen LogP contribution < -0.4 is 4.72 Å². The Bertz CT molecular complexity index is 691. The number of carboxylic acid groups (broad SMARTS) is 1. The van der Waals surface area contributed by atoms with Gasteiger partial charge in [-0.25, -0.2) is 8.42 Å². The molecule has 0 unspecified atom stereocenters. The highest BCUT2D eigenvalue weighted by atomic mass is 32.2.